The molecule has 0 aromatic carbocycles. The summed E-state index contributed by atoms with van der Waals surface area (Å²) in [6.07, 6.45) is 3.04. The summed E-state index contributed by atoms with van der Waals surface area (Å²) in [5, 5.41) is 0. The molecule has 0 bridgehead atoms. The molecule has 0 atom stereocenters. The second kappa shape index (κ2) is 4.30. The van der Waals surface area contributed by atoms with E-state index in [1.165, 1.54) is 5.57 Å². The van der Waals surface area contributed by atoms with Gasteiger partial charge in [-0.15, -0.1) is 0 Å². The summed E-state index contributed by atoms with van der Waals surface area (Å²) in [7, 11) is 0. The minimum Gasteiger partial charge on any atom is -0.399 e. The fourth-order valence-electron chi connectivity index (χ4n) is 1.83. The number of hydrogen-bond donors (Lipinski definition) is 1. The van der Waals surface area contributed by atoms with E-state index in [9.17, 15) is 0 Å². The van der Waals surface area contributed by atoms with Crippen LogP contribution in [-0.4, -0.2) is 5.71 Å². The maximum absolute atomic E-state index is 5.74. The third kappa shape index (κ3) is 2.46. The van der Waals surface area contributed by atoms with Gasteiger partial charge in [0.2, 0.25) is 0 Å². The van der Waals surface area contributed by atoms with Crippen molar-refractivity contribution in [2.75, 3.05) is 0 Å². The Morgan fingerprint density at radius 2 is 2.00 bits per heavy atom. The van der Waals surface area contributed by atoms with Gasteiger partial charge in [-0.2, -0.15) is 0 Å². The van der Waals surface area contributed by atoms with Crippen LogP contribution in [0.5, 0.6) is 0 Å². The Morgan fingerprint density at radius 1 is 1.40 bits per heavy atom. The summed E-state index contributed by atoms with van der Waals surface area (Å²) in [4.78, 5) is 4.37. The molecule has 0 heterocycles. The second-order valence-electron chi connectivity index (χ2n) is 3.93. The lowest BCUT2D eigenvalue weighted by atomic mass is 10.0. The predicted octanol–water partition coefficient (Wildman–Crippen LogP) is 3.10. The fraction of sp³-hybridized carbons (Fsp3) is 0.308. The quantitative estimate of drug-likeness (QED) is 0.702. The zero-order valence-corrected chi connectivity index (χ0v) is 9.72. The largest absolute Gasteiger partial charge is 0.399 e. The molecule has 80 valence electrons. The van der Waals surface area contributed by atoms with Gasteiger partial charge in [-0.1, -0.05) is 24.8 Å². The van der Waals surface area contributed by atoms with E-state index in [-0.39, 0.29) is 0 Å². The number of nitrogens with zero attached hydrogens (tertiary/aromatic N) is 1. The summed E-state index contributed by atoms with van der Waals surface area (Å²) in [5.41, 5.74) is 11.6. The Bertz CT molecular complexity index is 406. The molecule has 0 fully saturated rings. The molecule has 2 nitrogen and oxygen atoms in total. The Hall–Kier alpha value is -1.57. The van der Waals surface area contributed by atoms with Gasteiger partial charge >= 0.3 is 0 Å². The number of hydrogen-bond acceptors (Lipinski definition) is 2. The first-order chi connectivity index (χ1) is 6.93. The molecule has 0 saturated carbocycles. The minimum atomic E-state index is 0.609. The third-order valence-electron chi connectivity index (χ3n) is 2.37. The van der Waals surface area contributed by atoms with Crippen LogP contribution in [0, 0.1) is 0 Å². The lowest BCUT2D eigenvalue weighted by molar-refractivity contribution is 1.23. The van der Waals surface area contributed by atoms with Gasteiger partial charge in [0.05, 0.1) is 0 Å². The Balaban J connectivity index is 3.13. The first-order valence-corrected chi connectivity index (χ1v) is 4.99. The molecule has 2 N–H and O–H groups in total. The molecule has 1 aliphatic carbocycles. The Morgan fingerprint density at radius 3 is 2.47 bits per heavy atom. The normalized spacial score (nSPS) is 16.7. The number of aliphatic imine (C=N–C) groups is 1. The average molecular weight is 202 g/mol. The molecule has 0 radical (unpaired) electrons. The van der Waals surface area contributed by atoms with Crippen molar-refractivity contribution in [3.8, 4) is 0 Å². The van der Waals surface area contributed by atoms with Crippen LogP contribution in [0.4, 0.5) is 0 Å². The zero-order valence-electron chi connectivity index (χ0n) is 9.72. The molecule has 2 heteroatoms. The summed E-state index contributed by atoms with van der Waals surface area (Å²) in [6.45, 7) is 13.5. The van der Waals surface area contributed by atoms with Gasteiger partial charge in [0.1, 0.15) is 0 Å². The van der Waals surface area contributed by atoms with Crippen LogP contribution in [0.2, 0.25) is 0 Å². The van der Waals surface area contributed by atoms with Crippen LogP contribution in [0.1, 0.15) is 27.2 Å². The van der Waals surface area contributed by atoms with Crippen molar-refractivity contribution in [3.05, 3.63) is 47.3 Å². The predicted molar refractivity (Wildman–Crippen MR) is 66.7 cm³/mol. The van der Waals surface area contributed by atoms with E-state index in [1.807, 2.05) is 13.8 Å². The van der Waals surface area contributed by atoms with Crippen molar-refractivity contribution in [1.29, 1.82) is 0 Å². The molecular weight excluding hydrogens is 184 g/mol. The van der Waals surface area contributed by atoms with Gasteiger partial charge in [-0.3, -0.25) is 4.99 Å². The molecule has 0 amide bonds. The van der Waals surface area contributed by atoms with Gasteiger partial charge < -0.3 is 5.73 Å². The minimum absolute atomic E-state index is 0.609. The van der Waals surface area contributed by atoms with E-state index in [1.54, 1.807) is 0 Å². The highest BCUT2D eigenvalue weighted by Gasteiger charge is 2.18. The van der Waals surface area contributed by atoms with Crippen molar-refractivity contribution in [1.82, 2.24) is 0 Å². The molecule has 0 saturated heterocycles. The van der Waals surface area contributed by atoms with Gasteiger partial charge in [0, 0.05) is 28.3 Å². The van der Waals surface area contributed by atoms with Crippen molar-refractivity contribution < 1.29 is 0 Å². The monoisotopic (exact) mass is 202 g/mol. The topological polar surface area (TPSA) is 38.4 Å². The Labute approximate surface area is 91.6 Å². The first kappa shape index (κ1) is 11.5. The average Bonchev–Trinajstić information content (AvgIpc) is 2.45. The van der Waals surface area contributed by atoms with Crippen molar-refractivity contribution >= 4 is 5.71 Å². The lowest BCUT2D eigenvalue weighted by Crippen LogP contribution is -2.07. The number of rotatable bonds is 3. The highest BCUT2D eigenvalue weighted by molar-refractivity contribution is 6.05. The lowest BCUT2D eigenvalue weighted by Gasteiger charge is -2.09. The Kier molecular flexibility index (Phi) is 3.30. The van der Waals surface area contributed by atoms with Gasteiger partial charge in [0.25, 0.3) is 0 Å². The summed E-state index contributed by atoms with van der Waals surface area (Å²) in [6, 6.07) is 0. The molecule has 0 aromatic heterocycles. The summed E-state index contributed by atoms with van der Waals surface area (Å²) >= 11 is 0. The number of allylic oxidation sites excluding steroid dienone is 4. The molecule has 0 spiro atoms. The molecule has 0 aromatic rings. The zero-order chi connectivity index (χ0) is 11.6. The van der Waals surface area contributed by atoms with Gasteiger partial charge in [-0.25, -0.2) is 0 Å². The van der Waals surface area contributed by atoms with Crippen LogP contribution < -0.4 is 5.73 Å². The van der Waals surface area contributed by atoms with Crippen LogP contribution in [-0.2, 0) is 0 Å². The van der Waals surface area contributed by atoms with Crippen molar-refractivity contribution in [2.24, 2.45) is 10.7 Å². The third-order valence-corrected chi connectivity index (χ3v) is 2.37. The van der Waals surface area contributed by atoms with E-state index in [0.717, 1.165) is 29.0 Å². The van der Waals surface area contributed by atoms with E-state index in [2.05, 4.69) is 31.2 Å². The molecule has 1 aliphatic rings. The summed E-state index contributed by atoms with van der Waals surface area (Å²) in [5.74, 6) is 0. The van der Waals surface area contributed by atoms with E-state index in [0.29, 0.717) is 5.70 Å². The van der Waals surface area contributed by atoms with Gasteiger partial charge in [0.15, 0.2) is 0 Å². The molecule has 15 heavy (non-hydrogen) atoms. The van der Waals surface area contributed by atoms with Crippen LogP contribution in [0.3, 0.4) is 0 Å². The first-order valence-electron chi connectivity index (χ1n) is 4.99. The van der Waals surface area contributed by atoms with Crippen molar-refractivity contribution in [2.45, 2.75) is 27.2 Å². The molecular formula is C13H18N2. The molecule has 0 unspecified atom stereocenters. The maximum atomic E-state index is 5.74. The maximum Gasteiger partial charge on any atom is 0.0454 e. The van der Waals surface area contributed by atoms with E-state index in [4.69, 9.17) is 5.73 Å². The number of nitrogens with two attached hydrogens (primary N) is 1. The van der Waals surface area contributed by atoms with E-state index < -0.39 is 0 Å². The van der Waals surface area contributed by atoms with Crippen LogP contribution >= 0.6 is 0 Å². The molecule has 1 rings (SSSR count). The second-order valence-corrected chi connectivity index (χ2v) is 3.93. The smallest absolute Gasteiger partial charge is 0.0454 e. The van der Waals surface area contributed by atoms with Crippen molar-refractivity contribution in [3.63, 3.8) is 0 Å². The van der Waals surface area contributed by atoms with Gasteiger partial charge in [-0.05, 0) is 27.2 Å². The fourth-order valence-corrected chi connectivity index (χ4v) is 1.83. The summed E-state index contributed by atoms with van der Waals surface area (Å²) < 4.78 is 0. The van der Waals surface area contributed by atoms with E-state index >= 15 is 0 Å². The highest BCUT2D eigenvalue weighted by atomic mass is 14.7. The SMILES string of the molecule is C=C(C)/N=C(/C)C1=C(C)CC=C1C(=C)N. The standard InChI is InChI=1S/C13H18N2/c1-8(2)15-11(5)13-9(3)6-7-12(13)10(4)14/h7H,1,4,6,14H2,2-3,5H3/b15-11-. The molecule has 0 aliphatic heterocycles. The van der Waals surface area contributed by atoms with Crippen LogP contribution in [0.25, 0.3) is 0 Å². The van der Waals surface area contributed by atoms with Crippen LogP contribution in [0.15, 0.2) is 52.3 Å². The highest BCUT2D eigenvalue weighted by Crippen LogP contribution is 2.30.